The lowest BCUT2D eigenvalue weighted by Crippen LogP contribution is -2.25. The van der Waals surface area contributed by atoms with Gasteiger partial charge in [0.05, 0.1) is 10.6 Å². The molecule has 1 aromatic carbocycles. The molecule has 2 aromatic heterocycles. The third kappa shape index (κ3) is 3.99. The second kappa shape index (κ2) is 7.25. The first-order chi connectivity index (χ1) is 11.1. The summed E-state index contributed by atoms with van der Waals surface area (Å²) in [5.74, 6) is -0.0585. The van der Waals surface area contributed by atoms with Gasteiger partial charge in [0.15, 0.2) is 0 Å². The molecule has 0 bridgehead atoms. The quantitative estimate of drug-likeness (QED) is 0.707. The summed E-state index contributed by atoms with van der Waals surface area (Å²) in [5.41, 5.74) is 1.93. The Labute approximate surface area is 148 Å². The number of nitrogens with zero attached hydrogens (tertiary/aromatic N) is 1. The molecule has 0 fully saturated rings. The summed E-state index contributed by atoms with van der Waals surface area (Å²) in [6.45, 7) is 2.47. The Morgan fingerprint density at radius 2 is 2.04 bits per heavy atom. The van der Waals surface area contributed by atoms with Gasteiger partial charge in [-0.05, 0) is 42.5 Å². The summed E-state index contributed by atoms with van der Waals surface area (Å²) in [4.78, 5) is 18.6. The van der Waals surface area contributed by atoms with Crippen molar-refractivity contribution in [3.8, 4) is 9.88 Å². The number of halogens is 1. The number of hydrogen-bond donors (Lipinski definition) is 1. The lowest BCUT2D eigenvalue weighted by Gasteiger charge is -2.04. The molecule has 0 unspecified atom stereocenters. The minimum absolute atomic E-state index is 0.0585. The molecule has 0 aliphatic heterocycles. The van der Waals surface area contributed by atoms with E-state index in [9.17, 15) is 4.79 Å². The number of benzene rings is 1. The number of thiophene rings is 1. The van der Waals surface area contributed by atoms with Crippen molar-refractivity contribution in [3.05, 3.63) is 62.9 Å². The van der Waals surface area contributed by atoms with Gasteiger partial charge in [0, 0.05) is 11.6 Å². The highest BCUT2D eigenvalue weighted by molar-refractivity contribution is 7.22. The third-order valence-corrected chi connectivity index (χ3v) is 5.79. The molecule has 0 saturated carbocycles. The molecule has 0 saturated heterocycles. The lowest BCUT2D eigenvalue weighted by atomic mass is 10.1. The summed E-state index contributed by atoms with van der Waals surface area (Å²) in [5, 5.41) is 6.60. The smallest absolute Gasteiger partial charge is 0.263 e. The molecule has 0 spiro atoms. The normalized spacial score (nSPS) is 10.7. The number of hydrogen-bond acceptors (Lipinski definition) is 4. The molecular formula is C17H15ClN2OS2. The summed E-state index contributed by atoms with van der Waals surface area (Å²) in [6.07, 6.45) is 0.776. The molecule has 1 N–H and O–H groups in total. The SMILES string of the molecule is Cc1nc(-c2cccs2)sc1C(=O)NCCc1ccc(Cl)cc1. The van der Waals surface area contributed by atoms with Crippen LogP contribution in [0.4, 0.5) is 0 Å². The fraction of sp³-hybridized carbons (Fsp3) is 0.176. The van der Waals surface area contributed by atoms with E-state index in [2.05, 4.69) is 10.3 Å². The molecule has 3 nitrogen and oxygen atoms in total. The first-order valence-corrected chi connectivity index (χ1v) is 9.25. The summed E-state index contributed by atoms with van der Waals surface area (Å²) in [6, 6.07) is 11.7. The van der Waals surface area contributed by atoms with Gasteiger partial charge in [-0.3, -0.25) is 4.79 Å². The van der Waals surface area contributed by atoms with E-state index in [4.69, 9.17) is 11.6 Å². The molecule has 3 aromatic rings. The van der Waals surface area contributed by atoms with E-state index in [1.165, 1.54) is 11.3 Å². The zero-order chi connectivity index (χ0) is 16.2. The summed E-state index contributed by atoms with van der Waals surface area (Å²) < 4.78 is 0. The predicted molar refractivity (Wildman–Crippen MR) is 97.7 cm³/mol. The molecule has 2 heterocycles. The first kappa shape index (κ1) is 16.2. The van der Waals surface area contributed by atoms with Crippen LogP contribution in [-0.2, 0) is 6.42 Å². The van der Waals surface area contributed by atoms with Crippen LogP contribution in [0.3, 0.4) is 0 Å². The van der Waals surface area contributed by atoms with Crippen LogP contribution in [-0.4, -0.2) is 17.4 Å². The lowest BCUT2D eigenvalue weighted by molar-refractivity contribution is 0.0957. The van der Waals surface area contributed by atoms with E-state index in [1.54, 1.807) is 11.3 Å². The molecule has 6 heteroatoms. The fourth-order valence-corrected chi connectivity index (χ4v) is 4.07. The van der Waals surface area contributed by atoms with Gasteiger partial charge in [0.2, 0.25) is 0 Å². The number of rotatable bonds is 5. The van der Waals surface area contributed by atoms with Gasteiger partial charge in [-0.15, -0.1) is 22.7 Å². The number of thiazole rings is 1. The topological polar surface area (TPSA) is 42.0 Å². The van der Waals surface area contributed by atoms with E-state index in [1.807, 2.05) is 48.7 Å². The number of carbonyl (C=O) groups excluding carboxylic acids is 1. The Morgan fingerprint density at radius 3 is 2.74 bits per heavy atom. The largest absolute Gasteiger partial charge is 0.351 e. The van der Waals surface area contributed by atoms with E-state index >= 15 is 0 Å². The minimum atomic E-state index is -0.0585. The van der Waals surface area contributed by atoms with Crippen LogP contribution in [0.2, 0.25) is 5.02 Å². The van der Waals surface area contributed by atoms with Crippen molar-refractivity contribution in [1.29, 1.82) is 0 Å². The number of nitrogens with one attached hydrogen (secondary N) is 1. The standard InChI is InChI=1S/C17H15ClN2OS2/c1-11-15(23-17(20-11)14-3-2-10-22-14)16(21)19-9-8-12-4-6-13(18)7-5-12/h2-7,10H,8-9H2,1H3,(H,19,21). The predicted octanol–water partition coefficient (Wildman–Crippen LogP) is 4.81. The molecular weight excluding hydrogens is 348 g/mol. The van der Waals surface area contributed by atoms with Crippen molar-refractivity contribution in [2.75, 3.05) is 6.54 Å². The van der Waals surface area contributed by atoms with Gasteiger partial charge in [-0.2, -0.15) is 0 Å². The Morgan fingerprint density at radius 1 is 1.26 bits per heavy atom. The number of carbonyl (C=O) groups is 1. The van der Waals surface area contributed by atoms with E-state index in [-0.39, 0.29) is 5.91 Å². The van der Waals surface area contributed by atoms with Crippen LogP contribution in [0.15, 0.2) is 41.8 Å². The zero-order valence-corrected chi connectivity index (χ0v) is 14.9. The monoisotopic (exact) mass is 362 g/mol. The van der Waals surface area contributed by atoms with E-state index in [0.29, 0.717) is 11.4 Å². The molecule has 0 aliphatic carbocycles. The van der Waals surface area contributed by atoms with Crippen molar-refractivity contribution in [1.82, 2.24) is 10.3 Å². The van der Waals surface area contributed by atoms with Crippen LogP contribution in [0, 0.1) is 6.92 Å². The van der Waals surface area contributed by atoms with Crippen LogP contribution in [0.1, 0.15) is 20.9 Å². The highest BCUT2D eigenvalue weighted by Crippen LogP contribution is 2.30. The van der Waals surface area contributed by atoms with Crippen LogP contribution >= 0.6 is 34.3 Å². The van der Waals surface area contributed by atoms with Crippen LogP contribution in [0.5, 0.6) is 0 Å². The highest BCUT2D eigenvalue weighted by Gasteiger charge is 2.16. The second-order valence-electron chi connectivity index (χ2n) is 5.04. The molecule has 3 rings (SSSR count). The molecule has 0 radical (unpaired) electrons. The second-order valence-corrected chi connectivity index (χ2v) is 7.43. The maximum Gasteiger partial charge on any atom is 0.263 e. The Bertz CT molecular complexity index is 795. The summed E-state index contributed by atoms with van der Waals surface area (Å²) >= 11 is 8.94. The molecule has 0 aliphatic rings. The first-order valence-electron chi connectivity index (χ1n) is 7.17. The van der Waals surface area contributed by atoms with Gasteiger partial charge in [-0.1, -0.05) is 29.8 Å². The Hall–Kier alpha value is -1.69. The van der Waals surface area contributed by atoms with E-state index < -0.39 is 0 Å². The fourth-order valence-electron chi connectivity index (χ4n) is 2.16. The maximum atomic E-state index is 12.3. The average molecular weight is 363 g/mol. The zero-order valence-electron chi connectivity index (χ0n) is 12.5. The maximum absolute atomic E-state index is 12.3. The Balaban J connectivity index is 1.61. The van der Waals surface area contributed by atoms with Crippen molar-refractivity contribution in [3.63, 3.8) is 0 Å². The third-order valence-electron chi connectivity index (χ3n) is 3.35. The van der Waals surface area contributed by atoms with Gasteiger partial charge in [0.1, 0.15) is 9.88 Å². The van der Waals surface area contributed by atoms with Gasteiger partial charge < -0.3 is 5.32 Å². The molecule has 23 heavy (non-hydrogen) atoms. The van der Waals surface area contributed by atoms with E-state index in [0.717, 1.165) is 32.6 Å². The molecule has 0 atom stereocenters. The van der Waals surface area contributed by atoms with Crippen molar-refractivity contribution >= 4 is 40.2 Å². The van der Waals surface area contributed by atoms with Crippen molar-refractivity contribution < 1.29 is 4.79 Å². The number of aryl methyl sites for hydroxylation is 1. The highest BCUT2D eigenvalue weighted by atomic mass is 35.5. The number of aromatic nitrogens is 1. The van der Waals surface area contributed by atoms with Gasteiger partial charge in [0.25, 0.3) is 5.91 Å². The molecule has 118 valence electrons. The van der Waals surface area contributed by atoms with Gasteiger partial charge >= 0.3 is 0 Å². The summed E-state index contributed by atoms with van der Waals surface area (Å²) in [7, 11) is 0. The van der Waals surface area contributed by atoms with Crippen LogP contribution in [0.25, 0.3) is 9.88 Å². The van der Waals surface area contributed by atoms with Gasteiger partial charge in [-0.25, -0.2) is 4.98 Å². The number of amides is 1. The Kier molecular flexibility index (Phi) is 5.10. The molecule has 1 amide bonds. The minimum Gasteiger partial charge on any atom is -0.351 e. The average Bonchev–Trinajstić information content (AvgIpc) is 3.18. The van der Waals surface area contributed by atoms with Crippen molar-refractivity contribution in [2.24, 2.45) is 0 Å². The van der Waals surface area contributed by atoms with Crippen LogP contribution < -0.4 is 5.32 Å². The van der Waals surface area contributed by atoms with Crippen molar-refractivity contribution in [2.45, 2.75) is 13.3 Å².